The van der Waals surface area contributed by atoms with Crippen molar-refractivity contribution in [1.29, 1.82) is 0 Å². The Balaban J connectivity index is 1.87. The van der Waals surface area contributed by atoms with E-state index in [0.717, 1.165) is 12.0 Å². The second-order valence-electron chi connectivity index (χ2n) is 3.32. The lowest BCUT2D eigenvalue weighted by Gasteiger charge is -2.00. The Bertz CT molecular complexity index is 90.7. The van der Waals surface area contributed by atoms with Gasteiger partial charge in [-0.2, -0.15) is 0 Å². The molecule has 0 aromatic rings. The van der Waals surface area contributed by atoms with E-state index in [0.29, 0.717) is 0 Å². The average Bonchev–Trinajstić information content (AvgIpc) is 2.68. The Morgan fingerprint density at radius 1 is 1.40 bits per heavy atom. The molecule has 1 heteroatoms. The fraction of sp³-hybridized carbons (Fsp3) is 1.00. The minimum Gasteiger partial charge on any atom is -0.314 e. The van der Waals surface area contributed by atoms with Gasteiger partial charge in [0.1, 0.15) is 0 Å². The molecule has 1 fully saturated rings. The summed E-state index contributed by atoms with van der Waals surface area (Å²) in [6, 6.07) is 0.886. The van der Waals surface area contributed by atoms with Crippen molar-refractivity contribution >= 4 is 0 Å². The molecule has 2 atom stereocenters. The molecule has 1 aliphatic rings. The van der Waals surface area contributed by atoms with Crippen LogP contribution in [0.5, 0.6) is 0 Å². The zero-order valence-corrected chi connectivity index (χ0v) is 7.19. The standard InChI is InChI=1S/C9H19N/c1-3-5-6-10-9-7-8(9)4-2/h8-10H,3-7H2,1-2H3. The van der Waals surface area contributed by atoms with Crippen molar-refractivity contribution in [1.82, 2.24) is 5.32 Å². The third kappa shape index (κ3) is 2.30. The molecule has 1 nitrogen and oxygen atoms in total. The summed E-state index contributed by atoms with van der Waals surface area (Å²) < 4.78 is 0. The molecule has 0 aliphatic heterocycles. The average molecular weight is 141 g/mol. The van der Waals surface area contributed by atoms with E-state index >= 15 is 0 Å². The smallest absolute Gasteiger partial charge is 0.00990 e. The third-order valence-corrected chi connectivity index (χ3v) is 2.38. The molecule has 0 aromatic carbocycles. The van der Waals surface area contributed by atoms with E-state index in [-0.39, 0.29) is 0 Å². The van der Waals surface area contributed by atoms with E-state index in [2.05, 4.69) is 19.2 Å². The molecule has 1 N–H and O–H groups in total. The van der Waals surface area contributed by atoms with Crippen LogP contribution in [0.15, 0.2) is 0 Å². The van der Waals surface area contributed by atoms with Crippen LogP contribution < -0.4 is 5.32 Å². The Kier molecular flexibility index (Phi) is 3.20. The molecule has 1 saturated carbocycles. The molecule has 10 heavy (non-hydrogen) atoms. The van der Waals surface area contributed by atoms with Crippen LogP contribution in [-0.4, -0.2) is 12.6 Å². The fourth-order valence-electron chi connectivity index (χ4n) is 1.41. The van der Waals surface area contributed by atoms with Crippen molar-refractivity contribution in [2.24, 2.45) is 5.92 Å². The summed E-state index contributed by atoms with van der Waals surface area (Å²) in [5.74, 6) is 1.01. The van der Waals surface area contributed by atoms with Crippen LogP contribution in [0.3, 0.4) is 0 Å². The minimum atomic E-state index is 0.886. The van der Waals surface area contributed by atoms with Crippen LogP contribution in [-0.2, 0) is 0 Å². The quantitative estimate of drug-likeness (QED) is 0.579. The first-order valence-corrected chi connectivity index (χ1v) is 4.61. The monoisotopic (exact) mass is 141 g/mol. The SMILES string of the molecule is CCCCNC1CC1CC. The molecule has 1 aliphatic carbocycles. The topological polar surface area (TPSA) is 12.0 Å². The molecule has 60 valence electrons. The van der Waals surface area contributed by atoms with E-state index in [1.807, 2.05) is 0 Å². The highest BCUT2D eigenvalue weighted by Crippen LogP contribution is 2.32. The lowest BCUT2D eigenvalue weighted by Crippen LogP contribution is -2.19. The minimum absolute atomic E-state index is 0.886. The Labute approximate surface area is 64.2 Å². The molecule has 2 unspecified atom stereocenters. The predicted molar refractivity (Wildman–Crippen MR) is 45.1 cm³/mol. The molecule has 0 heterocycles. The maximum atomic E-state index is 3.56. The first-order chi connectivity index (χ1) is 4.88. The summed E-state index contributed by atoms with van der Waals surface area (Å²) in [4.78, 5) is 0. The zero-order valence-electron chi connectivity index (χ0n) is 7.19. The van der Waals surface area contributed by atoms with E-state index in [4.69, 9.17) is 0 Å². The number of hydrogen-bond acceptors (Lipinski definition) is 1. The molecule has 0 spiro atoms. The van der Waals surface area contributed by atoms with Crippen LogP contribution in [0.4, 0.5) is 0 Å². The summed E-state index contributed by atoms with van der Waals surface area (Å²) in [5.41, 5.74) is 0. The van der Waals surface area contributed by atoms with Gasteiger partial charge in [-0.15, -0.1) is 0 Å². The molecule has 0 radical (unpaired) electrons. The summed E-state index contributed by atoms with van der Waals surface area (Å²) in [6.45, 7) is 5.76. The Morgan fingerprint density at radius 2 is 2.20 bits per heavy atom. The van der Waals surface area contributed by atoms with Gasteiger partial charge in [0.25, 0.3) is 0 Å². The predicted octanol–water partition coefficient (Wildman–Crippen LogP) is 2.17. The van der Waals surface area contributed by atoms with Crippen LogP contribution in [0, 0.1) is 5.92 Å². The Morgan fingerprint density at radius 3 is 2.70 bits per heavy atom. The van der Waals surface area contributed by atoms with Crippen LogP contribution >= 0.6 is 0 Å². The first-order valence-electron chi connectivity index (χ1n) is 4.61. The third-order valence-electron chi connectivity index (χ3n) is 2.38. The molecule has 0 saturated heterocycles. The van der Waals surface area contributed by atoms with Crippen molar-refractivity contribution in [3.63, 3.8) is 0 Å². The largest absolute Gasteiger partial charge is 0.314 e. The van der Waals surface area contributed by atoms with Gasteiger partial charge in [-0.05, 0) is 25.3 Å². The maximum Gasteiger partial charge on any atom is 0.00990 e. The van der Waals surface area contributed by atoms with Gasteiger partial charge >= 0.3 is 0 Å². The first kappa shape index (κ1) is 8.06. The van der Waals surface area contributed by atoms with Gasteiger partial charge in [0, 0.05) is 6.04 Å². The summed E-state index contributed by atoms with van der Waals surface area (Å²) in [6.07, 6.45) is 5.45. The second-order valence-corrected chi connectivity index (χ2v) is 3.32. The lowest BCUT2D eigenvalue weighted by atomic mass is 10.3. The van der Waals surface area contributed by atoms with Crippen LogP contribution in [0.1, 0.15) is 39.5 Å². The number of hydrogen-bond donors (Lipinski definition) is 1. The van der Waals surface area contributed by atoms with E-state index < -0.39 is 0 Å². The van der Waals surface area contributed by atoms with Gasteiger partial charge in [0.2, 0.25) is 0 Å². The van der Waals surface area contributed by atoms with Crippen molar-refractivity contribution in [2.75, 3.05) is 6.54 Å². The van der Waals surface area contributed by atoms with E-state index in [1.165, 1.54) is 32.2 Å². The van der Waals surface area contributed by atoms with Crippen LogP contribution in [0.25, 0.3) is 0 Å². The zero-order chi connectivity index (χ0) is 7.40. The molecule has 0 amide bonds. The molecular formula is C9H19N. The number of unbranched alkanes of at least 4 members (excludes halogenated alkanes) is 1. The van der Waals surface area contributed by atoms with Crippen molar-refractivity contribution < 1.29 is 0 Å². The number of rotatable bonds is 5. The molecular weight excluding hydrogens is 122 g/mol. The summed E-state index contributed by atoms with van der Waals surface area (Å²) in [5, 5.41) is 3.56. The molecule has 0 bridgehead atoms. The van der Waals surface area contributed by atoms with Crippen molar-refractivity contribution in [2.45, 2.75) is 45.6 Å². The summed E-state index contributed by atoms with van der Waals surface area (Å²) >= 11 is 0. The van der Waals surface area contributed by atoms with Gasteiger partial charge in [0.15, 0.2) is 0 Å². The highest BCUT2D eigenvalue weighted by atomic mass is 15.0. The van der Waals surface area contributed by atoms with Crippen LogP contribution in [0.2, 0.25) is 0 Å². The van der Waals surface area contributed by atoms with E-state index in [9.17, 15) is 0 Å². The van der Waals surface area contributed by atoms with Crippen molar-refractivity contribution in [3.05, 3.63) is 0 Å². The molecule has 0 aromatic heterocycles. The Hall–Kier alpha value is -0.0400. The van der Waals surface area contributed by atoms with Gasteiger partial charge in [0.05, 0.1) is 0 Å². The number of nitrogens with one attached hydrogen (secondary N) is 1. The normalized spacial score (nSPS) is 30.6. The van der Waals surface area contributed by atoms with E-state index in [1.54, 1.807) is 0 Å². The fourth-order valence-corrected chi connectivity index (χ4v) is 1.41. The van der Waals surface area contributed by atoms with Gasteiger partial charge in [-0.3, -0.25) is 0 Å². The van der Waals surface area contributed by atoms with Gasteiger partial charge < -0.3 is 5.32 Å². The molecule has 1 rings (SSSR count). The van der Waals surface area contributed by atoms with Gasteiger partial charge in [-0.25, -0.2) is 0 Å². The van der Waals surface area contributed by atoms with Crippen molar-refractivity contribution in [3.8, 4) is 0 Å². The highest BCUT2D eigenvalue weighted by molar-refractivity contribution is 4.91. The van der Waals surface area contributed by atoms with Gasteiger partial charge in [-0.1, -0.05) is 26.7 Å². The maximum absolute atomic E-state index is 3.56. The second kappa shape index (κ2) is 3.97. The summed E-state index contributed by atoms with van der Waals surface area (Å²) in [7, 11) is 0. The lowest BCUT2D eigenvalue weighted by molar-refractivity contribution is 0.597. The highest BCUT2D eigenvalue weighted by Gasteiger charge is 2.33.